The first kappa shape index (κ1) is 30.3. The lowest BCUT2D eigenvalue weighted by Gasteiger charge is -2.32. The van der Waals surface area contributed by atoms with Gasteiger partial charge in [0.15, 0.2) is 5.78 Å². The van der Waals surface area contributed by atoms with Crippen molar-refractivity contribution in [3.8, 4) is 0 Å². The number of benzene rings is 2. The van der Waals surface area contributed by atoms with E-state index in [-0.39, 0.29) is 17.7 Å². The quantitative estimate of drug-likeness (QED) is 0.302. The van der Waals surface area contributed by atoms with Crippen molar-refractivity contribution < 1.29 is 27.8 Å². The van der Waals surface area contributed by atoms with E-state index in [2.05, 4.69) is 10.6 Å². The normalized spacial score (nSPS) is 15.0. The highest BCUT2D eigenvalue weighted by Gasteiger charge is 2.35. The number of hydrogen-bond donors (Lipinski definition) is 2. The SMILES string of the molecule is CC(=O)c1ccc(N(C(=O)C[S@](=O)CC(=O)Nc2ccc(F)cc2)[C@@H](C(=O)NC2CCCCC2)c2cccs2)cc1. The number of anilines is 2. The highest BCUT2D eigenvalue weighted by Crippen LogP contribution is 2.32. The van der Waals surface area contributed by atoms with Crippen LogP contribution in [0.1, 0.15) is 60.3 Å². The zero-order valence-corrected chi connectivity index (χ0v) is 24.3. The predicted molar refractivity (Wildman–Crippen MR) is 159 cm³/mol. The highest BCUT2D eigenvalue weighted by atomic mass is 32.2. The molecule has 0 radical (unpaired) electrons. The molecule has 1 heterocycles. The van der Waals surface area contributed by atoms with Crippen molar-refractivity contribution in [1.82, 2.24) is 5.32 Å². The first-order valence-electron chi connectivity index (χ1n) is 13.4. The smallest absolute Gasteiger partial charge is 0.248 e. The Kier molecular flexibility index (Phi) is 10.5. The molecule has 8 nitrogen and oxygen atoms in total. The Bertz CT molecular complexity index is 1390. The average molecular weight is 598 g/mol. The van der Waals surface area contributed by atoms with E-state index in [0.717, 1.165) is 32.1 Å². The van der Waals surface area contributed by atoms with Gasteiger partial charge in [-0.2, -0.15) is 0 Å². The molecular formula is C30H32FN3O5S2. The Hall–Kier alpha value is -3.70. The number of hydrogen-bond acceptors (Lipinski definition) is 6. The summed E-state index contributed by atoms with van der Waals surface area (Å²) in [5, 5.41) is 7.47. The van der Waals surface area contributed by atoms with Gasteiger partial charge >= 0.3 is 0 Å². The van der Waals surface area contributed by atoms with Crippen LogP contribution in [0, 0.1) is 5.82 Å². The van der Waals surface area contributed by atoms with Crippen LogP contribution >= 0.6 is 11.3 Å². The van der Waals surface area contributed by atoms with E-state index < -0.39 is 46.0 Å². The number of carbonyl (C=O) groups excluding carboxylic acids is 4. The Morgan fingerprint density at radius 1 is 0.976 bits per heavy atom. The van der Waals surface area contributed by atoms with E-state index in [1.165, 1.54) is 47.4 Å². The monoisotopic (exact) mass is 597 g/mol. The number of nitrogens with one attached hydrogen (secondary N) is 2. The number of nitrogens with zero attached hydrogens (tertiary/aromatic N) is 1. The number of amides is 3. The molecule has 3 aromatic rings. The number of Topliss-reactive ketones (excluding diaryl/α,β-unsaturated/α-hetero) is 1. The van der Waals surface area contributed by atoms with E-state index >= 15 is 0 Å². The van der Waals surface area contributed by atoms with Gasteiger partial charge in [-0.3, -0.25) is 28.3 Å². The van der Waals surface area contributed by atoms with Crippen LogP contribution < -0.4 is 15.5 Å². The summed E-state index contributed by atoms with van der Waals surface area (Å²) in [6.45, 7) is 1.43. The molecule has 2 aromatic carbocycles. The Labute approximate surface area is 244 Å². The van der Waals surface area contributed by atoms with Gasteiger partial charge in [0.25, 0.3) is 0 Å². The fourth-order valence-electron chi connectivity index (χ4n) is 4.78. The molecule has 1 saturated carbocycles. The van der Waals surface area contributed by atoms with Gasteiger partial charge < -0.3 is 10.6 Å². The molecule has 0 spiro atoms. The van der Waals surface area contributed by atoms with Crippen LogP contribution in [0.3, 0.4) is 0 Å². The van der Waals surface area contributed by atoms with Gasteiger partial charge in [0.05, 0.1) is 0 Å². The topological polar surface area (TPSA) is 113 Å². The Morgan fingerprint density at radius 3 is 2.27 bits per heavy atom. The Balaban J connectivity index is 1.58. The molecular weight excluding hydrogens is 565 g/mol. The van der Waals surface area contributed by atoms with E-state index in [4.69, 9.17) is 0 Å². The maximum absolute atomic E-state index is 13.8. The number of halogens is 1. The van der Waals surface area contributed by atoms with Crippen LogP contribution in [-0.2, 0) is 25.2 Å². The Morgan fingerprint density at radius 2 is 1.66 bits per heavy atom. The standard InChI is InChI=1S/C30H32FN3O5S2/c1-20(35)21-9-15-25(16-10-21)34(28(37)19-41(39)18-27(36)32-24-13-11-22(31)12-14-24)29(26-8-5-17-40-26)30(38)33-23-6-3-2-4-7-23/h5,8-17,23,29H,2-4,6-7,18-19H2,1H3,(H,32,36)(H,33,38)/t29-,41-/m1/s1. The average Bonchev–Trinajstić information content (AvgIpc) is 3.47. The minimum absolute atomic E-state index is 0.0000394. The second kappa shape index (κ2) is 14.3. The van der Waals surface area contributed by atoms with Crippen LogP contribution in [0.4, 0.5) is 15.8 Å². The predicted octanol–water partition coefficient (Wildman–Crippen LogP) is 5.00. The van der Waals surface area contributed by atoms with Crippen molar-refractivity contribution in [2.45, 2.75) is 51.1 Å². The summed E-state index contributed by atoms with van der Waals surface area (Å²) in [6, 6.07) is 14.0. The lowest BCUT2D eigenvalue weighted by atomic mass is 9.95. The van der Waals surface area contributed by atoms with Gasteiger partial charge in [-0.05, 0) is 79.7 Å². The summed E-state index contributed by atoms with van der Waals surface area (Å²) < 4.78 is 26.1. The summed E-state index contributed by atoms with van der Waals surface area (Å²) in [5.74, 6) is -3.12. The molecule has 1 aliphatic rings. The van der Waals surface area contributed by atoms with Gasteiger partial charge in [-0.15, -0.1) is 11.3 Å². The zero-order chi connectivity index (χ0) is 29.4. The second-order valence-corrected chi connectivity index (χ2v) is 12.3. The molecule has 1 aliphatic carbocycles. The molecule has 41 heavy (non-hydrogen) atoms. The highest BCUT2D eigenvalue weighted by molar-refractivity contribution is 7.86. The van der Waals surface area contributed by atoms with E-state index in [0.29, 0.717) is 21.8 Å². The van der Waals surface area contributed by atoms with Crippen molar-refractivity contribution in [1.29, 1.82) is 0 Å². The third-order valence-electron chi connectivity index (χ3n) is 6.80. The van der Waals surface area contributed by atoms with Crippen molar-refractivity contribution in [2.75, 3.05) is 21.7 Å². The van der Waals surface area contributed by atoms with Crippen molar-refractivity contribution in [2.24, 2.45) is 0 Å². The first-order valence-corrected chi connectivity index (χ1v) is 15.8. The summed E-state index contributed by atoms with van der Waals surface area (Å²) >= 11 is 1.33. The van der Waals surface area contributed by atoms with Gasteiger partial charge in [0.2, 0.25) is 17.7 Å². The molecule has 2 N–H and O–H groups in total. The number of carbonyl (C=O) groups is 4. The molecule has 0 aliphatic heterocycles. The minimum atomic E-state index is -1.91. The van der Waals surface area contributed by atoms with Crippen molar-refractivity contribution in [3.05, 3.63) is 82.3 Å². The van der Waals surface area contributed by atoms with Crippen LogP contribution in [0.15, 0.2) is 66.0 Å². The molecule has 1 fully saturated rings. The first-order chi connectivity index (χ1) is 19.7. The molecule has 0 bridgehead atoms. The fourth-order valence-corrected chi connectivity index (χ4v) is 6.47. The molecule has 2 atom stereocenters. The molecule has 0 unspecified atom stereocenters. The molecule has 11 heteroatoms. The van der Waals surface area contributed by atoms with Crippen LogP contribution in [0.2, 0.25) is 0 Å². The molecule has 1 aromatic heterocycles. The number of thiophene rings is 1. The maximum Gasteiger partial charge on any atom is 0.248 e. The number of ketones is 1. The largest absolute Gasteiger partial charge is 0.351 e. The summed E-state index contributed by atoms with van der Waals surface area (Å²) in [4.78, 5) is 53.8. The third kappa shape index (κ3) is 8.40. The van der Waals surface area contributed by atoms with E-state index in [9.17, 15) is 27.8 Å². The van der Waals surface area contributed by atoms with E-state index in [1.54, 1.807) is 36.4 Å². The summed E-state index contributed by atoms with van der Waals surface area (Å²) in [6.07, 6.45) is 4.87. The maximum atomic E-state index is 13.8. The summed E-state index contributed by atoms with van der Waals surface area (Å²) in [7, 11) is -1.91. The van der Waals surface area contributed by atoms with Crippen molar-refractivity contribution >= 4 is 57.0 Å². The number of rotatable bonds is 11. The minimum Gasteiger partial charge on any atom is -0.351 e. The van der Waals surface area contributed by atoms with Crippen LogP contribution in [-0.4, -0.2) is 45.3 Å². The summed E-state index contributed by atoms with van der Waals surface area (Å²) in [5.41, 5.74) is 1.15. The van der Waals surface area contributed by atoms with Gasteiger partial charge in [-0.25, -0.2) is 4.39 Å². The third-order valence-corrected chi connectivity index (χ3v) is 8.87. The van der Waals surface area contributed by atoms with Crippen molar-refractivity contribution in [3.63, 3.8) is 0 Å². The fraction of sp³-hybridized carbons (Fsp3) is 0.333. The molecule has 0 saturated heterocycles. The van der Waals surface area contributed by atoms with Gasteiger partial charge in [-0.1, -0.05) is 25.3 Å². The lowest BCUT2D eigenvalue weighted by molar-refractivity contribution is -0.126. The lowest BCUT2D eigenvalue weighted by Crippen LogP contribution is -2.48. The van der Waals surface area contributed by atoms with E-state index in [1.807, 2.05) is 5.38 Å². The van der Waals surface area contributed by atoms with Gasteiger partial charge in [0.1, 0.15) is 23.4 Å². The van der Waals surface area contributed by atoms with Gasteiger partial charge in [0, 0.05) is 38.7 Å². The molecule has 4 rings (SSSR count). The molecule has 216 valence electrons. The van der Waals surface area contributed by atoms with Crippen LogP contribution in [0.5, 0.6) is 0 Å². The van der Waals surface area contributed by atoms with Crippen LogP contribution in [0.25, 0.3) is 0 Å². The second-order valence-electron chi connectivity index (χ2n) is 9.91. The molecule has 3 amide bonds. The zero-order valence-electron chi connectivity index (χ0n) is 22.6.